The molecule has 0 radical (unpaired) electrons. The van der Waals surface area contributed by atoms with E-state index in [0.717, 1.165) is 12.1 Å². The molecule has 4 rings (SSSR count). The number of aromatic nitrogens is 1. The van der Waals surface area contributed by atoms with Crippen molar-refractivity contribution in [3.63, 3.8) is 0 Å². The van der Waals surface area contributed by atoms with Gasteiger partial charge in [0.25, 0.3) is 0 Å². The molecule has 0 aliphatic carbocycles. The van der Waals surface area contributed by atoms with Crippen molar-refractivity contribution in [3.05, 3.63) is 47.2 Å². The Labute approximate surface area is 177 Å². The highest BCUT2D eigenvalue weighted by Gasteiger charge is 2.38. The van der Waals surface area contributed by atoms with Crippen LogP contribution in [0.1, 0.15) is 41.8 Å². The SMILES string of the molecule is CC1N=Cc2c(-c3ccc(C(F)(F)F)cc3)cnc(NC3CCS(=O)(=O)C3C)c2C1=O. The molecule has 3 heterocycles. The van der Waals surface area contributed by atoms with Gasteiger partial charge in [-0.25, -0.2) is 13.4 Å². The number of halogens is 3. The highest BCUT2D eigenvalue weighted by Crippen LogP contribution is 2.35. The van der Waals surface area contributed by atoms with E-state index in [1.807, 2.05) is 0 Å². The van der Waals surface area contributed by atoms with Crippen molar-refractivity contribution in [2.45, 2.75) is 43.8 Å². The van der Waals surface area contributed by atoms with E-state index in [-0.39, 0.29) is 29.0 Å². The summed E-state index contributed by atoms with van der Waals surface area (Å²) in [5.74, 6) is 0.0427. The van der Waals surface area contributed by atoms with Gasteiger partial charge in [-0.3, -0.25) is 9.79 Å². The van der Waals surface area contributed by atoms with Crippen molar-refractivity contribution in [2.75, 3.05) is 11.1 Å². The Kier molecular flexibility index (Phi) is 5.15. The molecule has 1 saturated heterocycles. The fourth-order valence-corrected chi connectivity index (χ4v) is 5.54. The summed E-state index contributed by atoms with van der Waals surface area (Å²) < 4.78 is 62.8. The predicted octanol–water partition coefficient (Wildman–Crippen LogP) is 3.76. The van der Waals surface area contributed by atoms with Gasteiger partial charge in [0.15, 0.2) is 15.6 Å². The fourth-order valence-electron chi connectivity index (χ4n) is 3.88. The quantitative estimate of drug-likeness (QED) is 0.768. The summed E-state index contributed by atoms with van der Waals surface area (Å²) in [7, 11) is -3.20. The minimum Gasteiger partial charge on any atom is -0.365 e. The average molecular weight is 451 g/mol. The van der Waals surface area contributed by atoms with E-state index >= 15 is 0 Å². The second kappa shape index (κ2) is 7.44. The van der Waals surface area contributed by atoms with Crippen molar-refractivity contribution in [1.29, 1.82) is 0 Å². The Balaban J connectivity index is 1.77. The summed E-state index contributed by atoms with van der Waals surface area (Å²) in [6.07, 6.45) is -1.06. The number of nitrogens with zero attached hydrogens (tertiary/aromatic N) is 2. The maximum Gasteiger partial charge on any atom is 0.416 e. The molecule has 3 unspecified atom stereocenters. The van der Waals surface area contributed by atoms with Gasteiger partial charge in [-0.1, -0.05) is 12.1 Å². The van der Waals surface area contributed by atoms with Crippen molar-refractivity contribution < 1.29 is 26.4 Å². The number of anilines is 1. The van der Waals surface area contributed by atoms with Gasteiger partial charge < -0.3 is 5.32 Å². The number of benzene rings is 1. The second-order valence-corrected chi connectivity index (χ2v) is 10.3. The Morgan fingerprint density at radius 3 is 2.39 bits per heavy atom. The first-order valence-corrected chi connectivity index (χ1v) is 11.5. The van der Waals surface area contributed by atoms with Crippen molar-refractivity contribution >= 4 is 27.7 Å². The number of sulfone groups is 1. The summed E-state index contributed by atoms with van der Waals surface area (Å²) in [5.41, 5.74) is 0.899. The average Bonchev–Trinajstić information content (AvgIpc) is 2.97. The van der Waals surface area contributed by atoms with Gasteiger partial charge in [-0.15, -0.1) is 0 Å². The molecule has 0 spiro atoms. The van der Waals surface area contributed by atoms with Gasteiger partial charge in [-0.05, 0) is 38.0 Å². The molecule has 164 valence electrons. The third kappa shape index (κ3) is 3.84. The molecule has 1 aromatic carbocycles. The van der Waals surface area contributed by atoms with Gasteiger partial charge in [0, 0.05) is 29.6 Å². The summed E-state index contributed by atoms with van der Waals surface area (Å²) in [6.45, 7) is 3.26. The third-order valence-electron chi connectivity index (χ3n) is 5.86. The van der Waals surface area contributed by atoms with Crippen LogP contribution in [0, 0.1) is 0 Å². The van der Waals surface area contributed by atoms with Gasteiger partial charge >= 0.3 is 6.18 Å². The molecule has 2 aliphatic rings. The van der Waals surface area contributed by atoms with Gasteiger partial charge in [0.2, 0.25) is 0 Å². The number of hydrogen-bond acceptors (Lipinski definition) is 6. The number of carbonyl (C=O) groups excluding carboxylic acids is 1. The molecule has 10 heteroatoms. The summed E-state index contributed by atoms with van der Waals surface area (Å²) in [4.78, 5) is 21.5. The van der Waals surface area contributed by atoms with Crippen LogP contribution in [0.4, 0.5) is 19.0 Å². The second-order valence-electron chi connectivity index (χ2n) is 7.81. The van der Waals surface area contributed by atoms with Crippen LogP contribution in [0.25, 0.3) is 11.1 Å². The Hall–Kier alpha value is -2.75. The largest absolute Gasteiger partial charge is 0.416 e. The molecule has 2 aliphatic heterocycles. The van der Waals surface area contributed by atoms with E-state index in [2.05, 4.69) is 15.3 Å². The zero-order valence-electron chi connectivity index (χ0n) is 16.8. The van der Waals surface area contributed by atoms with Gasteiger partial charge in [0.1, 0.15) is 11.9 Å². The summed E-state index contributed by atoms with van der Waals surface area (Å²) >= 11 is 0. The van der Waals surface area contributed by atoms with E-state index in [9.17, 15) is 26.4 Å². The number of alkyl halides is 3. The van der Waals surface area contributed by atoms with Crippen LogP contribution in [0.5, 0.6) is 0 Å². The number of carbonyl (C=O) groups is 1. The minimum atomic E-state index is -4.45. The standard InChI is InChI=1S/C21H20F3N3O3S/c1-11-19(28)18-16(10-25-11)15(13-3-5-14(6-4-13)21(22,23)24)9-26-20(18)27-17-7-8-31(29,30)12(17)2/h3-6,9-12,17H,7-8H2,1-2H3,(H,26,27). The van der Waals surface area contributed by atoms with Crippen molar-refractivity contribution in [1.82, 2.24) is 4.98 Å². The van der Waals surface area contributed by atoms with Crippen LogP contribution in [0.15, 0.2) is 35.5 Å². The molecular formula is C21H20F3N3O3S. The summed E-state index contributed by atoms with van der Waals surface area (Å²) in [5, 5.41) is 2.49. The van der Waals surface area contributed by atoms with E-state index in [1.54, 1.807) is 13.8 Å². The highest BCUT2D eigenvalue weighted by molar-refractivity contribution is 7.92. The fraction of sp³-hybridized carbons (Fsp3) is 0.381. The van der Waals surface area contributed by atoms with E-state index in [1.165, 1.54) is 24.5 Å². The molecule has 1 aromatic heterocycles. The van der Waals surface area contributed by atoms with Crippen LogP contribution in [-0.4, -0.2) is 48.5 Å². The number of Topliss-reactive ketones (excluding diaryl/α,β-unsaturated/α-hetero) is 1. The Morgan fingerprint density at radius 1 is 1.13 bits per heavy atom. The molecule has 1 fully saturated rings. The number of rotatable bonds is 3. The van der Waals surface area contributed by atoms with Crippen LogP contribution in [0.2, 0.25) is 0 Å². The molecule has 1 N–H and O–H groups in total. The van der Waals surface area contributed by atoms with Crippen LogP contribution in [-0.2, 0) is 16.0 Å². The molecule has 0 amide bonds. The smallest absolute Gasteiger partial charge is 0.365 e. The zero-order valence-corrected chi connectivity index (χ0v) is 17.6. The molecule has 0 bridgehead atoms. The Bertz CT molecular complexity index is 1170. The normalized spacial score (nSPS) is 24.8. The lowest BCUT2D eigenvalue weighted by molar-refractivity contribution is -0.137. The third-order valence-corrected chi connectivity index (χ3v) is 8.13. The topological polar surface area (TPSA) is 88.5 Å². The molecule has 2 aromatic rings. The Morgan fingerprint density at radius 2 is 1.81 bits per heavy atom. The lowest BCUT2D eigenvalue weighted by Gasteiger charge is -2.24. The monoisotopic (exact) mass is 451 g/mol. The number of aliphatic imine (C=N–C) groups is 1. The lowest BCUT2D eigenvalue weighted by Crippen LogP contribution is -2.32. The van der Waals surface area contributed by atoms with Gasteiger partial charge in [0.05, 0.1) is 22.1 Å². The molecule has 31 heavy (non-hydrogen) atoms. The minimum absolute atomic E-state index is 0.0590. The molecular weight excluding hydrogens is 431 g/mol. The van der Waals surface area contributed by atoms with Crippen molar-refractivity contribution in [3.8, 4) is 11.1 Å². The number of ketones is 1. The van der Waals surface area contributed by atoms with Crippen LogP contribution >= 0.6 is 0 Å². The van der Waals surface area contributed by atoms with Crippen molar-refractivity contribution in [2.24, 2.45) is 4.99 Å². The maximum atomic E-state index is 12.9. The number of pyridine rings is 1. The molecule has 6 nitrogen and oxygen atoms in total. The van der Waals surface area contributed by atoms with Crippen LogP contribution in [0.3, 0.4) is 0 Å². The predicted molar refractivity (Wildman–Crippen MR) is 111 cm³/mol. The first-order chi connectivity index (χ1) is 14.5. The highest BCUT2D eigenvalue weighted by atomic mass is 32.2. The van der Waals surface area contributed by atoms with E-state index in [0.29, 0.717) is 23.1 Å². The number of nitrogens with one attached hydrogen (secondary N) is 1. The number of hydrogen-bond donors (Lipinski definition) is 1. The molecule has 0 saturated carbocycles. The first-order valence-electron chi connectivity index (χ1n) is 9.75. The first kappa shape index (κ1) is 21.5. The lowest BCUT2D eigenvalue weighted by atomic mass is 9.91. The summed E-state index contributed by atoms with van der Waals surface area (Å²) in [6, 6.07) is 3.58. The van der Waals surface area contributed by atoms with E-state index in [4.69, 9.17) is 0 Å². The zero-order chi connectivity index (χ0) is 22.6. The molecule has 3 atom stereocenters. The van der Waals surface area contributed by atoms with E-state index < -0.39 is 32.9 Å². The number of fused-ring (bicyclic) bond motifs is 1. The maximum absolute atomic E-state index is 12.9. The van der Waals surface area contributed by atoms with Crippen LogP contribution < -0.4 is 5.32 Å². The van der Waals surface area contributed by atoms with Gasteiger partial charge in [-0.2, -0.15) is 13.2 Å².